The maximum absolute atomic E-state index is 5.73. The van der Waals surface area contributed by atoms with Crippen molar-refractivity contribution < 1.29 is 9.47 Å². The van der Waals surface area contributed by atoms with Crippen molar-refractivity contribution in [3.8, 4) is 5.75 Å². The average Bonchev–Trinajstić information content (AvgIpc) is 2.86. The molecule has 1 N–H and O–H groups in total. The number of rotatable bonds is 6. The second-order valence-corrected chi connectivity index (χ2v) is 5.35. The molecule has 3 heteroatoms. The van der Waals surface area contributed by atoms with E-state index in [0.717, 1.165) is 31.7 Å². The standard InChI is InChI=1S/C16H25NO2/c1-4-8-17-16(14-9-12(2)19-11-14)13-6-5-7-15(10-13)18-3/h5-7,10,12,14,16-17H,4,8-9,11H2,1-3H3. The molecule has 0 bridgehead atoms. The molecule has 19 heavy (non-hydrogen) atoms. The molecule has 0 saturated carbocycles. The van der Waals surface area contributed by atoms with Crippen molar-refractivity contribution in [1.82, 2.24) is 5.32 Å². The first-order valence-corrected chi connectivity index (χ1v) is 7.23. The summed E-state index contributed by atoms with van der Waals surface area (Å²) in [6.45, 7) is 6.23. The lowest BCUT2D eigenvalue weighted by molar-refractivity contribution is 0.117. The van der Waals surface area contributed by atoms with Crippen molar-refractivity contribution in [2.75, 3.05) is 20.3 Å². The van der Waals surface area contributed by atoms with Gasteiger partial charge in [0.05, 0.1) is 19.8 Å². The fourth-order valence-corrected chi connectivity index (χ4v) is 2.77. The predicted octanol–water partition coefficient (Wildman–Crippen LogP) is 3.16. The van der Waals surface area contributed by atoms with Gasteiger partial charge in [-0.3, -0.25) is 0 Å². The maximum atomic E-state index is 5.73. The molecule has 106 valence electrons. The average molecular weight is 263 g/mol. The van der Waals surface area contributed by atoms with Gasteiger partial charge in [0.15, 0.2) is 0 Å². The van der Waals surface area contributed by atoms with Gasteiger partial charge in [0.2, 0.25) is 0 Å². The topological polar surface area (TPSA) is 30.5 Å². The Kier molecular flexibility index (Phi) is 5.23. The number of methoxy groups -OCH3 is 1. The Morgan fingerprint density at radius 2 is 2.32 bits per heavy atom. The molecule has 3 unspecified atom stereocenters. The van der Waals surface area contributed by atoms with Crippen LogP contribution in [0.3, 0.4) is 0 Å². The first-order valence-electron chi connectivity index (χ1n) is 7.23. The first-order chi connectivity index (χ1) is 9.24. The van der Waals surface area contributed by atoms with Crippen molar-refractivity contribution in [2.45, 2.75) is 38.8 Å². The van der Waals surface area contributed by atoms with Gasteiger partial charge in [-0.25, -0.2) is 0 Å². The normalized spacial score (nSPS) is 24.4. The summed E-state index contributed by atoms with van der Waals surface area (Å²) in [4.78, 5) is 0. The van der Waals surface area contributed by atoms with Crippen molar-refractivity contribution in [3.05, 3.63) is 29.8 Å². The van der Waals surface area contributed by atoms with Crippen LogP contribution in [0.5, 0.6) is 5.75 Å². The van der Waals surface area contributed by atoms with Crippen LogP contribution in [0.2, 0.25) is 0 Å². The highest BCUT2D eigenvalue weighted by Gasteiger charge is 2.30. The van der Waals surface area contributed by atoms with E-state index < -0.39 is 0 Å². The molecule has 3 nitrogen and oxygen atoms in total. The molecule has 1 aliphatic rings. The lowest BCUT2D eigenvalue weighted by Gasteiger charge is -2.24. The van der Waals surface area contributed by atoms with Crippen molar-refractivity contribution in [1.29, 1.82) is 0 Å². The summed E-state index contributed by atoms with van der Waals surface area (Å²) in [5, 5.41) is 3.66. The molecular formula is C16H25NO2. The molecule has 1 aromatic carbocycles. The second kappa shape index (κ2) is 6.92. The van der Waals surface area contributed by atoms with Gasteiger partial charge in [-0.2, -0.15) is 0 Å². The van der Waals surface area contributed by atoms with Crippen LogP contribution in [-0.2, 0) is 4.74 Å². The molecular weight excluding hydrogens is 238 g/mol. The summed E-state index contributed by atoms with van der Waals surface area (Å²) in [6, 6.07) is 8.73. The molecule has 1 aliphatic heterocycles. The molecule has 0 spiro atoms. The van der Waals surface area contributed by atoms with Crippen LogP contribution in [-0.4, -0.2) is 26.4 Å². The summed E-state index contributed by atoms with van der Waals surface area (Å²) < 4.78 is 11.1. The van der Waals surface area contributed by atoms with Crippen LogP contribution in [0.15, 0.2) is 24.3 Å². The van der Waals surface area contributed by atoms with Gasteiger partial charge in [-0.1, -0.05) is 19.1 Å². The Morgan fingerprint density at radius 3 is 2.95 bits per heavy atom. The zero-order valence-corrected chi connectivity index (χ0v) is 12.2. The summed E-state index contributed by atoms with van der Waals surface area (Å²) in [5.41, 5.74) is 1.30. The molecule has 1 aromatic rings. The smallest absolute Gasteiger partial charge is 0.119 e. The van der Waals surface area contributed by atoms with Crippen LogP contribution in [0.4, 0.5) is 0 Å². The Morgan fingerprint density at radius 1 is 1.47 bits per heavy atom. The van der Waals surface area contributed by atoms with E-state index in [1.807, 2.05) is 6.07 Å². The van der Waals surface area contributed by atoms with Gasteiger partial charge in [0, 0.05) is 12.0 Å². The highest BCUT2D eigenvalue weighted by molar-refractivity contribution is 5.31. The molecule has 2 rings (SSSR count). The van der Waals surface area contributed by atoms with Crippen LogP contribution in [0.25, 0.3) is 0 Å². The summed E-state index contributed by atoms with van der Waals surface area (Å²) in [6.07, 6.45) is 2.64. The Balaban J connectivity index is 2.15. The molecule has 1 fully saturated rings. The minimum atomic E-state index is 0.361. The van der Waals surface area contributed by atoms with Gasteiger partial charge in [0.1, 0.15) is 5.75 Å². The number of benzene rings is 1. The molecule has 0 aliphatic carbocycles. The predicted molar refractivity (Wildman–Crippen MR) is 77.5 cm³/mol. The Bertz CT molecular complexity index is 394. The van der Waals surface area contributed by atoms with Gasteiger partial charge in [-0.15, -0.1) is 0 Å². The van der Waals surface area contributed by atoms with E-state index in [9.17, 15) is 0 Å². The molecule has 1 saturated heterocycles. The molecule has 1 heterocycles. The number of ether oxygens (including phenoxy) is 2. The molecule has 0 aromatic heterocycles. The zero-order valence-electron chi connectivity index (χ0n) is 12.2. The highest BCUT2D eigenvalue weighted by atomic mass is 16.5. The van der Waals surface area contributed by atoms with E-state index in [-0.39, 0.29) is 0 Å². The Labute approximate surface area is 116 Å². The minimum Gasteiger partial charge on any atom is -0.497 e. The third-order valence-corrected chi connectivity index (χ3v) is 3.77. The molecule has 3 atom stereocenters. The maximum Gasteiger partial charge on any atom is 0.119 e. The van der Waals surface area contributed by atoms with Gasteiger partial charge in [0.25, 0.3) is 0 Å². The zero-order chi connectivity index (χ0) is 13.7. The monoisotopic (exact) mass is 263 g/mol. The van der Waals surface area contributed by atoms with E-state index >= 15 is 0 Å². The van der Waals surface area contributed by atoms with Crippen molar-refractivity contribution >= 4 is 0 Å². The van der Waals surface area contributed by atoms with E-state index in [1.54, 1.807) is 7.11 Å². The molecule has 0 radical (unpaired) electrons. The van der Waals surface area contributed by atoms with Crippen LogP contribution in [0, 0.1) is 5.92 Å². The molecule has 0 amide bonds. The lowest BCUT2D eigenvalue weighted by Crippen LogP contribution is -2.29. The SMILES string of the molecule is CCCNC(c1cccc(OC)c1)C1COC(C)C1. The van der Waals surface area contributed by atoms with Crippen molar-refractivity contribution in [2.24, 2.45) is 5.92 Å². The summed E-state index contributed by atoms with van der Waals surface area (Å²) in [7, 11) is 1.72. The second-order valence-electron chi connectivity index (χ2n) is 5.35. The minimum absolute atomic E-state index is 0.361. The highest BCUT2D eigenvalue weighted by Crippen LogP contribution is 2.32. The van der Waals surface area contributed by atoms with E-state index in [0.29, 0.717) is 18.1 Å². The third kappa shape index (κ3) is 3.71. The third-order valence-electron chi connectivity index (χ3n) is 3.77. The fraction of sp³-hybridized carbons (Fsp3) is 0.625. The van der Waals surface area contributed by atoms with E-state index in [1.165, 1.54) is 5.56 Å². The number of nitrogens with one attached hydrogen (secondary N) is 1. The van der Waals surface area contributed by atoms with Gasteiger partial charge in [-0.05, 0) is 44.0 Å². The van der Waals surface area contributed by atoms with Crippen molar-refractivity contribution in [3.63, 3.8) is 0 Å². The first kappa shape index (κ1) is 14.4. The summed E-state index contributed by atoms with van der Waals surface area (Å²) >= 11 is 0. The fourth-order valence-electron chi connectivity index (χ4n) is 2.77. The number of hydrogen-bond acceptors (Lipinski definition) is 3. The van der Waals surface area contributed by atoms with Crippen LogP contribution >= 0.6 is 0 Å². The Hall–Kier alpha value is -1.06. The van der Waals surface area contributed by atoms with E-state index in [2.05, 4.69) is 37.4 Å². The number of hydrogen-bond donors (Lipinski definition) is 1. The van der Waals surface area contributed by atoms with E-state index in [4.69, 9.17) is 9.47 Å². The van der Waals surface area contributed by atoms with Crippen LogP contribution < -0.4 is 10.1 Å². The largest absolute Gasteiger partial charge is 0.497 e. The summed E-state index contributed by atoms with van der Waals surface area (Å²) in [5.74, 6) is 1.47. The van der Waals surface area contributed by atoms with Gasteiger partial charge < -0.3 is 14.8 Å². The lowest BCUT2D eigenvalue weighted by atomic mass is 9.91. The van der Waals surface area contributed by atoms with Crippen LogP contribution in [0.1, 0.15) is 38.3 Å². The quantitative estimate of drug-likeness (QED) is 0.855. The van der Waals surface area contributed by atoms with Gasteiger partial charge >= 0.3 is 0 Å².